The van der Waals surface area contributed by atoms with Gasteiger partial charge in [0.05, 0.1) is 6.20 Å². The summed E-state index contributed by atoms with van der Waals surface area (Å²) in [6.07, 6.45) is 2.08. The number of amides is 1. The van der Waals surface area contributed by atoms with Crippen molar-refractivity contribution in [1.82, 2.24) is 10.2 Å². The number of hydrogen-bond acceptors (Lipinski definition) is 3. The predicted molar refractivity (Wildman–Crippen MR) is 90.9 cm³/mol. The number of aromatic nitrogens is 2. The highest BCUT2D eigenvalue weighted by molar-refractivity contribution is 5.94. The number of fused-ring (bicyclic) bond motifs is 1. The molecule has 0 spiro atoms. The molecule has 126 valence electrons. The van der Waals surface area contributed by atoms with Gasteiger partial charge >= 0.3 is 0 Å². The zero-order valence-corrected chi connectivity index (χ0v) is 13.3. The van der Waals surface area contributed by atoms with E-state index in [2.05, 4.69) is 15.5 Å². The summed E-state index contributed by atoms with van der Waals surface area (Å²) in [6, 6.07) is 14.1. The number of hydrogen-bond donors (Lipinski definition) is 2. The van der Waals surface area contributed by atoms with Gasteiger partial charge in [-0.05, 0) is 23.8 Å². The molecule has 1 aliphatic heterocycles. The number of carbonyl (C=O) groups excluding carboxylic acids is 1. The number of nitrogens with zero attached hydrogens (tertiary/aromatic N) is 1. The number of H-pyrrole nitrogens is 1. The molecule has 2 N–H and O–H groups in total. The highest BCUT2D eigenvalue weighted by atomic mass is 19.1. The van der Waals surface area contributed by atoms with E-state index < -0.39 is 0 Å². The number of nitrogens with one attached hydrogen (secondary N) is 2. The van der Waals surface area contributed by atoms with Crippen LogP contribution in [-0.2, 0) is 11.4 Å². The van der Waals surface area contributed by atoms with Crippen molar-refractivity contribution in [2.45, 2.75) is 18.9 Å². The Morgan fingerprint density at radius 3 is 2.96 bits per heavy atom. The molecule has 4 rings (SSSR count). The Morgan fingerprint density at radius 2 is 2.08 bits per heavy atom. The molecule has 0 fully saturated rings. The van der Waals surface area contributed by atoms with Crippen molar-refractivity contribution < 1.29 is 13.9 Å². The summed E-state index contributed by atoms with van der Waals surface area (Å²) in [5, 5.41) is 9.59. The van der Waals surface area contributed by atoms with E-state index in [0.717, 1.165) is 11.1 Å². The molecule has 0 bridgehead atoms. The fourth-order valence-corrected chi connectivity index (χ4v) is 3.04. The van der Waals surface area contributed by atoms with Crippen LogP contribution in [0.3, 0.4) is 0 Å². The number of benzene rings is 2. The minimum absolute atomic E-state index is 0.0561. The van der Waals surface area contributed by atoms with Gasteiger partial charge in [0.25, 0.3) is 0 Å². The Morgan fingerprint density at radius 1 is 1.20 bits per heavy atom. The van der Waals surface area contributed by atoms with E-state index >= 15 is 0 Å². The van der Waals surface area contributed by atoms with Crippen molar-refractivity contribution in [2.75, 3.05) is 5.32 Å². The van der Waals surface area contributed by atoms with Crippen molar-refractivity contribution >= 4 is 11.7 Å². The lowest BCUT2D eigenvalue weighted by atomic mass is 9.87. The van der Waals surface area contributed by atoms with E-state index in [1.165, 1.54) is 6.07 Å². The summed E-state index contributed by atoms with van der Waals surface area (Å²) in [7, 11) is 0. The molecule has 3 aromatic rings. The first-order valence-corrected chi connectivity index (χ1v) is 8.00. The van der Waals surface area contributed by atoms with Gasteiger partial charge in [0.2, 0.25) is 5.91 Å². The number of aromatic amines is 1. The van der Waals surface area contributed by atoms with E-state index in [4.69, 9.17) is 4.74 Å². The van der Waals surface area contributed by atoms with Crippen LogP contribution in [0, 0.1) is 5.82 Å². The summed E-state index contributed by atoms with van der Waals surface area (Å²) >= 11 is 0. The molecule has 1 atom stereocenters. The maximum Gasteiger partial charge on any atom is 0.226 e. The van der Waals surface area contributed by atoms with Crippen LogP contribution >= 0.6 is 0 Å². The van der Waals surface area contributed by atoms with Gasteiger partial charge in [-0.15, -0.1) is 0 Å². The number of halogens is 1. The van der Waals surface area contributed by atoms with Gasteiger partial charge in [0.15, 0.2) is 0 Å². The Balaban J connectivity index is 1.56. The molecular formula is C19H16FN3O2. The average Bonchev–Trinajstić information content (AvgIpc) is 3.09. The predicted octanol–water partition coefficient (Wildman–Crippen LogP) is 3.60. The maximum absolute atomic E-state index is 13.7. The largest absolute Gasteiger partial charge is 0.489 e. The second-order valence-electron chi connectivity index (χ2n) is 5.96. The molecule has 0 unspecified atom stereocenters. The zero-order valence-electron chi connectivity index (χ0n) is 13.3. The highest BCUT2D eigenvalue weighted by Crippen LogP contribution is 2.36. The molecule has 0 aliphatic carbocycles. The molecule has 0 saturated heterocycles. The summed E-state index contributed by atoms with van der Waals surface area (Å²) < 4.78 is 19.4. The normalized spacial score (nSPS) is 16.2. The Bertz CT molecular complexity index is 922. The van der Waals surface area contributed by atoms with E-state index in [0.29, 0.717) is 23.6 Å². The first-order valence-electron chi connectivity index (χ1n) is 8.00. The zero-order chi connectivity index (χ0) is 17.2. The summed E-state index contributed by atoms with van der Waals surface area (Å²) in [5.74, 6) is 0.847. The number of carbonyl (C=O) groups is 1. The summed E-state index contributed by atoms with van der Waals surface area (Å²) in [4.78, 5) is 11.9. The van der Waals surface area contributed by atoms with E-state index in [1.807, 2.05) is 24.3 Å². The SMILES string of the molecule is O=C1C[C@H](c2cccc(OCc3ccccc3F)c2)c2cn[nH]c2N1. The Kier molecular flexibility index (Phi) is 3.93. The summed E-state index contributed by atoms with van der Waals surface area (Å²) in [5.41, 5.74) is 2.41. The van der Waals surface area contributed by atoms with Gasteiger partial charge < -0.3 is 10.1 Å². The third-order valence-corrected chi connectivity index (χ3v) is 4.31. The first-order chi connectivity index (χ1) is 12.2. The van der Waals surface area contributed by atoms with Gasteiger partial charge in [-0.25, -0.2) is 4.39 Å². The van der Waals surface area contributed by atoms with Crippen LogP contribution in [-0.4, -0.2) is 16.1 Å². The van der Waals surface area contributed by atoms with Crippen LogP contribution in [0.4, 0.5) is 10.2 Å². The van der Waals surface area contributed by atoms with Gasteiger partial charge in [-0.3, -0.25) is 9.89 Å². The second-order valence-corrected chi connectivity index (χ2v) is 5.96. The minimum Gasteiger partial charge on any atom is -0.489 e. The smallest absolute Gasteiger partial charge is 0.226 e. The second kappa shape index (κ2) is 6.39. The van der Waals surface area contributed by atoms with Crippen LogP contribution < -0.4 is 10.1 Å². The molecule has 2 aromatic carbocycles. The van der Waals surface area contributed by atoms with Gasteiger partial charge in [-0.2, -0.15) is 5.10 Å². The van der Waals surface area contributed by atoms with Crippen LogP contribution in [0.5, 0.6) is 5.75 Å². The van der Waals surface area contributed by atoms with Gasteiger partial charge in [0.1, 0.15) is 24.0 Å². The molecule has 0 radical (unpaired) electrons. The number of rotatable bonds is 4. The topological polar surface area (TPSA) is 67.0 Å². The molecule has 1 aliphatic rings. The summed E-state index contributed by atoms with van der Waals surface area (Å²) in [6.45, 7) is 0.151. The molecule has 0 saturated carbocycles. The fraction of sp³-hybridized carbons (Fsp3) is 0.158. The molecule has 2 heterocycles. The lowest BCUT2D eigenvalue weighted by molar-refractivity contribution is -0.116. The van der Waals surface area contributed by atoms with Crippen LogP contribution in [0.1, 0.15) is 29.0 Å². The van der Waals surface area contributed by atoms with E-state index in [1.54, 1.807) is 24.4 Å². The molecule has 5 nitrogen and oxygen atoms in total. The Labute approximate surface area is 143 Å². The van der Waals surface area contributed by atoms with Crippen molar-refractivity contribution in [3.63, 3.8) is 0 Å². The first kappa shape index (κ1) is 15.4. The van der Waals surface area contributed by atoms with Crippen LogP contribution in [0.25, 0.3) is 0 Å². The van der Waals surface area contributed by atoms with E-state index in [9.17, 15) is 9.18 Å². The Hall–Kier alpha value is -3.15. The quantitative estimate of drug-likeness (QED) is 0.764. The highest BCUT2D eigenvalue weighted by Gasteiger charge is 2.28. The third-order valence-electron chi connectivity index (χ3n) is 4.31. The minimum atomic E-state index is -0.286. The van der Waals surface area contributed by atoms with Crippen molar-refractivity contribution in [2.24, 2.45) is 0 Å². The fourth-order valence-electron chi connectivity index (χ4n) is 3.04. The number of ether oxygens (including phenoxy) is 1. The molecule has 1 amide bonds. The average molecular weight is 337 g/mol. The molecule has 1 aromatic heterocycles. The van der Waals surface area contributed by atoms with Crippen molar-refractivity contribution in [3.8, 4) is 5.75 Å². The van der Waals surface area contributed by atoms with Crippen LogP contribution in [0.2, 0.25) is 0 Å². The lowest BCUT2D eigenvalue weighted by Gasteiger charge is -2.22. The maximum atomic E-state index is 13.7. The number of anilines is 1. The monoisotopic (exact) mass is 337 g/mol. The molecule has 6 heteroatoms. The molecule has 25 heavy (non-hydrogen) atoms. The van der Waals surface area contributed by atoms with E-state index in [-0.39, 0.29) is 24.2 Å². The third kappa shape index (κ3) is 3.10. The van der Waals surface area contributed by atoms with Gasteiger partial charge in [0, 0.05) is 23.5 Å². The van der Waals surface area contributed by atoms with Crippen LogP contribution in [0.15, 0.2) is 54.7 Å². The standard InChI is InChI=1S/C19H16FN3O2/c20-17-7-2-1-4-13(17)11-25-14-6-3-5-12(8-14)15-9-18(24)22-19-16(15)10-21-23-19/h1-8,10,15H,9,11H2,(H2,21,22,23,24)/t15-/m1/s1. The van der Waals surface area contributed by atoms with Crippen molar-refractivity contribution in [1.29, 1.82) is 0 Å². The lowest BCUT2D eigenvalue weighted by Crippen LogP contribution is -2.22. The van der Waals surface area contributed by atoms with Gasteiger partial charge in [-0.1, -0.05) is 30.3 Å². The molecular weight excluding hydrogens is 321 g/mol. The van der Waals surface area contributed by atoms with Crippen molar-refractivity contribution in [3.05, 3.63) is 77.2 Å².